The normalized spacial score (nSPS) is 12.2. The van der Waals surface area contributed by atoms with Crippen LogP contribution in [0, 0.1) is 6.08 Å². The fraction of sp³-hybridized carbons (Fsp3) is 0.191. The average molecular weight is 840 g/mol. The van der Waals surface area contributed by atoms with Crippen molar-refractivity contribution >= 4 is 69.5 Å². The topological polar surface area (TPSA) is 0 Å². The second-order valence-corrected chi connectivity index (χ2v) is 17.0. The molecule has 0 saturated carbocycles. The Morgan fingerprint density at radius 2 is 1.00 bits per heavy atom. The molecule has 1 aliphatic carbocycles. The quantitative estimate of drug-likeness (QED) is 0.155. The summed E-state index contributed by atoms with van der Waals surface area (Å²) < 4.78 is 1.31. The fourth-order valence-electron chi connectivity index (χ4n) is 6.40. The van der Waals surface area contributed by atoms with Gasteiger partial charge in [0.25, 0.3) is 0 Å². The third kappa shape index (κ3) is 9.24. The van der Waals surface area contributed by atoms with Crippen molar-refractivity contribution in [1.82, 2.24) is 0 Å². The Morgan fingerprint density at radius 1 is 0.577 bits per heavy atom. The smallest absolute Gasteiger partial charge is 0.109 e. The van der Waals surface area contributed by atoms with Gasteiger partial charge in [-0.15, -0.1) is 46.2 Å². The molecule has 0 bridgehead atoms. The fourth-order valence-corrected chi connectivity index (χ4v) is 7.94. The minimum atomic E-state index is 0. The molecule has 0 radical (unpaired) electrons. The molecule has 7 aromatic rings. The van der Waals surface area contributed by atoms with Crippen molar-refractivity contribution in [3.63, 3.8) is 0 Å². The second-order valence-electron chi connectivity index (χ2n) is 14.9. The molecule has 0 aliphatic heterocycles. The van der Waals surface area contributed by atoms with E-state index in [0.717, 1.165) is 27.2 Å². The predicted octanol–water partition coefficient (Wildman–Crippen LogP) is 8.04. The molecule has 7 aromatic carbocycles. The van der Waals surface area contributed by atoms with Gasteiger partial charge in [0.15, 0.2) is 0 Å². The van der Waals surface area contributed by atoms with Crippen LogP contribution in [0.1, 0.15) is 70.2 Å². The Bertz CT molecular complexity index is 2250. The van der Waals surface area contributed by atoms with Crippen LogP contribution in [0.5, 0.6) is 0 Å². The number of benzene rings is 6. The van der Waals surface area contributed by atoms with Crippen molar-refractivity contribution in [2.75, 3.05) is 0 Å². The van der Waals surface area contributed by atoms with E-state index < -0.39 is 0 Å². The van der Waals surface area contributed by atoms with Gasteiger partial charge in [0.05, 0.1) is 0 Å². The Morgan fingerprint density at radius 3 is 1.37 bits per heavy atom. The van der Waals surface area contributed by atoms with E-state index in [1.54, 1.807) is 0 Å². The van der Waals surface area contributed by atoms with Gasteiger partial charge in [0.1, 0.15) is 0 Å². The standard InChI is InChI=1S/C21H12Cl2.C21H25.C5H5.2ClH.Zr/c22-20-11-3-7-16-14(5-1-9-18(16)20)13-15-6-2-10-19-17(15)8-4-12-21(19)23;1-20(2,3)16-9-7-14-11-15-8-10-17(21(4,5)6)13-19(15)18(14)12-16;1-2-4-5-3-1;;;/h1-12H;7-13H,1-6H3;1-3H,4H2;2*1H;/q;2*-1;;;+2/p-2. The van der Waals surface area contributed by atoms with Gasteiger partial charge in [-0.1, -0.05) is 76.9 Å². The van der Waals surface area contributed by atoms with Crippen molar-refractivity contribution < 1.29 is 49.0 Å². The molecule has 0 saturated heterocycles. The van der Waals surface area contributed by atoms with E-state index in [1.807, 2.05) is 36.4 Å². The van der Waals surface area contributed by atoms with Crippen molar-refractivity contribution in [3.8, 4) is 0 Å². The van der Waals surface area contributed by atoms with Crippen LogP contribution in [0.2, 0.25) is 10.0 Å². The summed E-state index contributed by atoms with van der Waals surface area (Å²) in [6.45, 7) is 13.7. The van der Waals surface area contributed by atoms with Gasteiger partial charge in [-0.3, -0.25) is 6.08 Å². The van der Waals surface area contributed by atoms with Crippen LogP contribution in [0.25, 0.3) is 43.1 Å². The molecule has 1 aliphatic rings. The first-order valence-electron chi connectivity index (χ1n) is 17.1. The Hall–Kier alpha value is -2.90. The Kier molecular flexibility index (Phi) is 14.1. The molecular weight excluding hydrogens is 798 g/mol. The van der Waals surface area contributed by atoms with Gasteiger partial charge in [-0.2, -0.15) is 6.08 Å². The molecule has 0 spiro atoms. The van der Waals surface area contributed by atoms with E-state index >= 15 is 0 Å². The molecule has 0 N–H and O–H groups in total. The van der Waals surface area contributed by atoms with Crippen LogP contribution in [-0.4, -0.2) is 3.21 Å². The van der Waals surface area contributed by atoms with Gasteiger partial charge in [0, 0.05) is 0 Å². The maximum absolute atomic E-state index is 6.38. The zero-order valence-electron chi connectivity index (χ0n) is 30.4. The molecule has 5 heteroatoms. The number of hydrogen-bond acceptors (Lipinski definition) is 0. The first-order valence-corrected chi connectivity index (χ1v) is 19.1. The summed E-state index contributed by atoms with van der Waals surface area (Å²) in [5.74, 6) is 0. The molecule has 0 heterocycles. The Balaban J connectivity index is 0.000000199. The molecule has 264 valence electrons. The van der Waals surface area contributed by atoms with E-state index in [1.165, 1.54) is 82.0 Å². The largest absolute Gasteiger partial charge is 1.00 e. The minimum Gasteiger partial charge on any atom is -1.00 e. The Labute approximate surface area is 346 Å². The van der Waals surface area contributed by atoms with E-state index in [2.05, 4.69) is 145 Å². The van der Waals surface area contributed by atoms with Crippen molar-refractivity contribution in [2.45, 2.75) is 58.8 Å². The third-order valence-electron chi connectivity index (χ3n) is 9.30. The molecule has 0 fully saturated rings. The van der Waals surface area contributed by atoms with Crippen LogP contribution in [0.15, 0.2) is 133 Å². The van der Waals surface area contributed by atoms with E-state index in [-0.39, 0.29) is 35.6 Å². The van der Waals surface area contributed by atoms with Gasteiger partial charge in [0.2, 0.25) is 0 Å². The number of rotatable bonds is 2. The molecule has 0 aromatic heterocycles. The van der Waals surface area contributed by atoms with E-state index in [0.29, 0.717) is 0 Å². The van der Waals surface area contributed by atoms with E-state index in [4.69, 9.17) is 23.2 Å². The number of fused-ring (bicyclic) bond motifs is 5. The monoisotopic (exact) mass is 836 g/mol. The van der Waals surface area contributed by atoms with Crippen LogP contribution >= 0.6 is 23.2 Å². The molecular formula is C47H42Cl4Zr-2. The summed E-state index contributed by atoms with van der Waals surface area (Å²) >= 11 is 14.1. The summed E-state index contributed by atoms with van der Waals surface area (Å²) in [7, 11) is 0. The van der Waals surface area contributed by atoms with Gasteiger partial charge < -0.3 is 24.8 Å². The molecule has 0 unspecified atom stereocenters. The van der Waals surface area contributed by atoms with E-state index in [9.17, 15) is 0 Å². The summed E-state index contributed by atoms with van der Waals surface area (Å²) in [6, 6.07) is 41.0. The van der Waals surface area contributed by atoms with Gasteiger partial charge >= 0.3 is 166 Å². The third-order valence-corrected chi connectivity index (χ3v) is 11.3. The summed E-state index contributed by atoms with van der Waals surface area (Å²) in [5.41, 5.74) is 5.67. The average Bonchev–Trinajstić information content (AvgIpc) is 3.79. The second kappa shape index (κ2) is 17.5. The van der Waals surface area contributed by atoms with Crippen molar-refractivity contribution in [2.24, 2.45) is 0 Å². The van der Waals surface area contributed by atoms with Gasteiger partial charge in [-0.05, 0) is 10.8 Å². The molecule has 0 amide bonds. The summed E-state index contributed by atoms with van der Waals surface area (Å²) in [6.07, 6.45) is 10.0. The van der Waals surface area contributed by atoms with Crippen LogP contribution in [-0.2, 0) is 35.1 Å². The van der Waals surface area contributed by atoms with Crippen LogP contribution in [0.3, 0.4) is 0 Å². The predicted molar refractivity (Wildman–Crippen MR) is 217 cm³/mol. The maximum Gasteiger partial charge on any atom is -0.109 e. The zero-order chi connectivity index (χ0) is 35.6. The SMILES string of the molecule is CC(C)(C)c1ccc2[cH-]c3ccc(C(C)(C)C)cc3c2c1.Clc1cccc2c([C](=[Zr+2])c3cccc4c(Cl)cccc34)cccc12.[C-]1=CC=CC1.[Cl-].[Cl-]. The first-order chi connectivity index (χ1) is 23.8. The number of hydrogen-bond donors (Lipinski definition) is 0. The number of allylic oxidation sites excluding steroid dienone is 4. The number of halogens is 4. The van der Waals surface area contributed by atoms with Crippen LogP contribution in [0.4, 0.5) is 0 Å². The minimum absolute atomic E-state index is 0. The molecule has 0 nitrogen and oxygen atoms in total. The molecule has 52 heavy (non-hydrogen) atoms. The molecule has 8 rings (SSSR count). The maximum atomic E-state index is 6.38. The molecule has 0 atom stereocenters. The zero-order valence-corrected chi connectivity index (χ0v) is 35.9. The van der Waals surface area contributed by atoms with Crippen LogP contribution < -0.4 is 24.8 Å². The summed E-state index contributed by atoms with van der Waals surface area (Å²) in [5, 5.41) is 11.6. The van der Waals surface area contributed by atoms with Gasteiger partial charge in [-0.25, -0.2) is 12.2 Å². The van der Waals surface area contributed by atoms with Crippen molar-refractivity contribution in [3.05, 3.63) is 172 Å². The van der Waals surface area contributed by atoms with Crippen molar-refractivity contribution in [1.29, 1.82) is 0 Å². The first kappa shape index (κ1) is 41.9. The summed E-state index contributed by atoms with van der Waals surface area (Å²) in [4.78, 5) is 0.